The van der Waals surface area contributed by atoms with Gasteiger partial charge in [0, 0.05) is 19.3 Å². The first-order valence-corrected chi connectivity index (χ1v) is 5.93. The van der Waals surface area contributed by atoms with Crippen LogP contribution in [0.25, 0.3) is 0 Å². The number of carbonyl (C=O) groups is 2. The largest absolute Gasteiger partial charge is 0.497 e. The number of hydrogen-bond acceptors (Lipinski definition) is 4. The Balaban J connectivity index is 2.32. The second-order valence-corrected chi connectivity index (χ2v) is 4.11. The van der Waals surface area contributed by atoms with Gasteiger partial charge < -0.3 is 9.84 Å². The van der Waals surface area contributed by atoms with Gasteiger partial charge in [-0.15, -0.1) is 0 Å². The predicted octanol–water partition coefficient (Wildman–Crippen LogP) is 1.54. The maximum Gasteiger partial charge on any atom is 0.158 e. The van der Waals surface area contributed by atoms with Gasteiger partial charge in [0.2, 0.25) is 0 Å². The minimum atomic E-state index is -0.438. The van der Waals surface area contributed by atoms with Crippen LogP contribution in [-0.2, 0) is 16.0 Å². The summed E-state index contributed by atoms with van der Waals surface area (Å²) in [6.45, 7) is -0.438. The average molecular weight is 250 g/mol. The van der Waals surface area contributed by atoms with Crippen LogP contribution in [0, 0.1) is 0 Å². The van der Waals surface area contributed by atoms with Crippen LogP contribution in [-0.4, -0.2) is 30.4 Å². The van der Waals surface area contributed by atoms with Gasteiger partial charge in [-0.1, -0.05) is 12.1 Å². The van der Waals surface area contributed by atoms with E-state index in [0.29, 0.717) is 19.3 Å². The van der Waals surface area contributed by atoms with Crippen LogP contribution in [0.15, 0.2) is 24.3 Å². The monoisotopic (exact) mass is 250 g/mol. The zero-order valence-electron chi connectivity index (χ0n) is 10.5. The number of ether oxygens (including phenoxy) is 1. The van der Waals surface area contributed by atoms with Crippen LogP contribution < -0.4 is 4.74 Å². The van der Waals surface area contributed by atoms with E-state index in [0.717, 1.165) is 11.3 Å². The summed E-state index contributed by atoms with van der Waals surface area (Å²) in [5.41, 5.74) is 0.939. The summed E-state index contributed by atoms with van der Waals surface area (Å²) < 4.78 is 5.03. The van der Waals surface area contributed by atoms with Gasteiger partial charge in [-0.05, 0) is 24.1 Å². The third-order valence-corrected chi connectivity index (χ3v) is 2.65. The Bertz CT molecular complexity index is 395. The van der Waals surface area contributed by atoms with E-state index in [4.69, 9.17) is 9.84 Å². The van der Waals surface area contributed by atoms with E-state index >= 15 is 0 Å². The number of aliphatic hydroxyl groups excluding tert-OH is 1. The van der Waals surface area contributed by atoms with Crippen molar-refractivity contribution in [3.05, 3.63) is 29.8 Å². The highest BCUT2D eigenvalue weighted by molar-refractivity contribution is 5.83. The van der Waals surface area contributed by atoms with Crippen molar-refractivity contribution in [1.29, 1.82) is 0 Å². The summed E-state index contributed by atoms with van der Waals surface area (Å²) in [6.07, 6.45) is 1.52. The lowest BCUT2D eigenvalue weighted by Gasteiger charge is -2.03. The zero-order chi connectivity index (χ0) is 13.4. The van der Waals surface area contributed by atoms with Crippen molar-refractivity contribution < 1.29 is 19.4 Å². The van der Waals surface area contributed by atoms with Crippen LogP contribution in [0.1, 0.15) is 24.8 Å². The number of ketones is 2. The van der Waals surface area contributed by atoms with E-state index in [1.807, 2.05) is 24.3 Å². The molecular weight excluding hydrogens is 232 g/mol. The molecule has 98 valence electrons. The molecule has 0 saturated carbocycles. The van der Waals surface area contributed by atoms with Gasteiger partial charge in [-0.3, -0.25) is 9.59 Å². The quantitative estimate of drug-likeness (QED) is 0.760. The third kappa shape index (κ3) is 5.10. The number of carbonyl (C=O) groups excluding carboxylic acids is 2. The lowest BCUT2D eigenvalue weighted by atomic mass is 10.0. The Morgan fingerprint density at radius 2 is 1.72 bits per heavy atom. The lowest BCUT2D eigenvalue weighted by Crippen LogP contribution is -2.07. The van der Waals surface area contributed by atoms with Gasteiger partial charge >= 0.3 is 0 Å². The fourth-order valence-corrected chi connectivity index (χ4v) is 1.62. The van der Waals surface area contributed by atoms with E-state index in [2.05, 4.69) is 0 Å². The number of Topliss-reactive ketones (excluding diaryl/α,β-unsaturated/α-hetero) is 2. The maximum absolute atomic E-state index is 11.6. The normalized spacial score (nSPS) is 10.1. The molecule has 0 aromatic heterocycles. The highest BCUT2D eigenvalue weighted by Gasteiger charge is 2.06. The van der Waals surface area contributed by atoms with Crippen molar-refractivity contribution >= 4 is 11.6 Å². The summed E-state index contributed by atoms with van der Waals surface area (Å²) in [5, 5.41) is 8.54. The van der Waals surface area contributed by atoms with Crippen LogP contribution >= 0.6 is 0 Å². The topological polar surface area (TPSA) is 63.6 Å². The highest BCUT2D eigenvalue weighted by Crippen LogP contribution is 2.12. The van der Waals surface area contributed by atoms with E-state index in [9.17, 15) is 9.59 Å². The minimum absolute atomic E-state index is 0.103. The molecule has 0 amide bonds. The first kappa shape index (κ1) is 14.4. The van der Waals surface area contributed by atoms with Crippen molar-refractivity contribution in [2.75, 3.05) is 13.7 Å². The second-order valence-electron chi connectivity index (χ2n) is 4.11. The molecule has 0 spiro atoms. The van der Waals surface area contributed by atoms with Crippen molar-refractivity contribution in [3.63, 3.8) is 0 Å². The highest BCUT2D eigenvalue weighted by atomic mass is 16.5. The van der Waals surface area contributed by atoms with Gasteiger partial charge in [0.1, 0.15) is 18.1 Å². The van der Waals surface area contributed by atoms with Crippen molar-refractivity contribution in [2.45, 2.75) is 25.7 Å². The zero-order valence-corrected chi connectivity index (χ0v) is 10.5. The molecule has 1 aromatic carbocycles. The molecule has 0 radical (unpaired) electrons. The minimum Gasteiger partial charge on any atom is -0.497 e. The lowest BCUT2D eigenvalue weighted by molar-refractivity contribution is -0.122. The van der Waals surface area contributed by atoms with E-state index in [-0.39, 0.29) is 18.0 Å². The standard InChI is InChI=1S/C14H18O4/c1-18-14-7-5-11(6-8-14)9-12(16)3-2-4-13(17)10-15/h5-8,15H,2-4,9-10H2,1H3. The van der Waals surface area contributed by atoms with Gasteiger partial charge in [0.25, 0.3) is 0 Å². The summed E-state index contributed by atoms with van der Waals surface area (Å²) >= 11 is 0. The second kappa shape index (κ2) is 7.61. The van der Waals surface area contributed by atoms with Gasteiger partial charge in [0.15, 0.2) is 5.78 Å². The molecule has 4 heteroatoms. The fraction of sp³-hybridized carbons (Fsp3) is 0.429. The molecule has 0 atom stereocenters. The van der Waals surface area contributed by atoms with Gasteiger partial charge in [-0.2, -0.15) is 0 Å². The molecule has 0 unspecified atom stereocenters. The number of benzene rings is 1. The Morgan fingerprint density at radius 1 is 1.11 bits per heavy atom. The Kier molecular flexibility index (Phi) is 6.08. The number of aliphatic hydroxyl groups is 1. The van der Waals surface area contributed by atoms with E-state index < -0.39 is 6.61 Å². The summed E-state index contributed by atoms with van der Waals surface area (Å²) in [5.74, 6) is 0.651. The summed E-state index contributed by atoms with van der Waals surface area (Å²) in [7, 11) is 1.60. The molecular formula is C14H18O4. The number of rotatable bonds is 8. The molecule has 0 bridgehead atoms. The van der Waals surface area contributed by atoms with Gasteiger partial charge in [-0.25, -0.2) is 0 Å². The Labute approximate surface area is 107 Å². The van der Waals surface area contributed by atoms with Crippen molar-refractivity contribution in [1.82, 2.24) is 0 Å². The molecule has 1 N–H and O–H groups in total. The summed E-state index contributed by atoms with van der Waals surface area (Å²) in [4.78, 5) is 22.5. The predicted molar refractivity (Wildman–Crippen MR) is 67.6 cm³/mol. The molecule has 0 aliphatic rings. The first-order chi connectivity index (χ1) is 8.65. The van der Waals surface area contributed by atoms with Crippen molar-refractivity contribution in [3.8, 4) is 5.75 Å². The Morgan fingerprint density at radius 3 is 2.28 bits per heavy atom. The molecule has 4 nitrogen and oxygen atoms in total. The average Bonchev–Trinajstić information content (AvgIpc) is 2.39. The SMILES string of the molecule is COc1ccc(CC(=O)CCCC(=O)CO)cc1. The third-order valence-electron chi connectivity index (χ3n) is 2.65. The Hall–Kier alpha value is -1.68. The molecule has 18 heavy (non-hydrogen) atoms. The summed E-state index contributed by atoms with van der Waals surface area (Å²) in [6, 6.07) is 7.35. The fourth-order valence-electron chi connectivity index (χ4n) is 1.62. The molecule has 0 aliphatic heterocycles. The van der Waals surface area contributed by atoms with Gasteiger partial charge in [0.05, 0.1) is 7.11 Å². The molecule has 1 rings (SSSR count). The number of methoxy groups -OCH3 is 1. The van der Waals surface area contributed by atoms with E-state index in [1.165, 1.54) is 0 Å². The molecule has 0 heterocycles. The van der Waals surface area contributed by atoms with E-state index in [1.54, 1.807) is 7.11 Å². The molecule has 0 aliphatic carbocycles. The number of hydrogen-bond donors (Lipinski definition) is 1. The van der Waals surface area contributed by atoms with Crippen LogP contribution in [0.3, 0.4) is 0 Å². The van der Waals surface area contributed by atoms with Crippen molar-refractivity contribution in [2.24, 2.45) is 0 Å². The van der Waals surface area contributed by atoms with Crippen LogP contribution in [0.4, 0.5) is 0 Å². The van der Waals surface area contributed by atoms with Crippen LogP contribution in [0.2, 0.25) is 0 Å². The smallest absolute Gasteiger partial charge is 0.158 e. The van der Waals surface area contributed by atoms with Crippen LogP contribution in [0.5, 0.6) is 5.75 Å². The molecule has 0 fully saturated rings. The maximum atomic E-state index is 11.6. The molecule has 0 saturated heterocycles. The molecule has 1 aromatic rings. The first-order valence-electron chi connectivity index (χ1n) is 5.93.